The predicted molar refractivity (Wildman–Crippen MR) is 138 cm³/mol. The Hall–Kier alpha value is 0.700. The molecule has 2 saturated heterocycles. The van der Waals surface area contributed by atoms with Gasteiger partial charge in [-0.2, -0.15) is 0 Å². The van der Waals surface area contributed by atoms with Gasteiger partial charge in [-0.3, -0.25) is 18.7 Å². The molecule has 0 aromatic rings. The van der Waals surface area contributed by atoms with Gasteiger partial charge in [0.05, 0.1) is 15.8 Å². The van der Waals surface area contributed by atoms with Crippen LogP contribution in [0, 0.1) is 11.8 Å². The molecule has 6 heteroatoms. The molecule has 0 aliphatic carbocycles. The number of nitrogens with zero attached hydrogens (tertiary/aromatic N) is 4. The summed E-state index contributed by atoms with van der Waals surface area (Å²) < 4.78 is 11.8. The zero-order chi connectivity index (χ0) is 23.0. The number of hydrogen-bond acceptors (Lipinski definition) is 4. The Morgan fingerprint density at radius 2 is 0.967 bits per heavy atom. The first-order chi connectivity index (χ1) is 13.6. The maximum absolute atomic E-state index is 2.96. The van der Waals surface area contributed by atoms with Crippen LogP contribution in [0.25, 0.3) is 0 Å². The molecule has 0 saturated carbocycles. The van der Waals surface area contributed by atoms with Crippen LogP contribution in [-0.2, 0) is 0 Å². The van der Waals surface area contributed by atoms with E-state index in [9.17, 15) is 0 Å². The van der Waals surface area contributed by atoms with E-state index in [2.05, 4.69) is 102 Å². The second-order valence-corrected chi connectivity index (χ2v) is 17.7. The summed E-state index contributed by atoms with van der Waals surface area (Å²) in [6.45, 7) is 34.3. The lowest BCUT2D eigenvalue weighted by atomic mass is 10.1. The third kappa shape index (κ3) is 6.39. The summed E-state index contributed by atoms with van der Waals surface area (Å²) in [5.41, 5.74) is 0.383. The van der Waals surface area contributed by atoms with E-state index in [0.717, 1.165) is 0 Å². The molecule has 2 fully saturated rings. The van der Waals surface area contributed by atoms with Gasteiger partial charge in [-0.25, -0.2) is 0 Å². The number of hydrogen-bond donors (Lipinski definition) is 0. The van der Waals surface area contributed by atoms with E-state index < -0.39 is 15.8 Å². The highest BCUT2D eigenvalue weighted by Gasteiger charge is 2.52. The molecule has 0 radical (unpaired) electrons. The lowest BCUT2D eigenvalue weighted by Gasteiger charge is -2.62. The Morgan fingerprint density at radius 1 is 0.667 bits per heavy atom. The zero-order valence-corrected chi connectivity index (χ0v) is 24.0. The van der Waals surface area contributed by atoms with Crippen molar-refractivity contribution in [3.63, 3.8) is 0 Å². The van der Waals surface area contributed by atoms with Crippen LogP contribution in [0.15, 0.2) is 0 Å². The second-order valence-electron chi connectivity index (χ2n) is 12.5. The Balaban J connectivity index is 2.62. The van der Waals surface area contributed by atoms with Gasteiger partial charge in [-0.1, -0.05) is 27.7 Å². The zero-order valence-electron chi connectivity index (χ0n) is 22.2. The van der Waals surface area contributed by atoms with Gasteiger partial charge in [0.15, 0.2) is 0 Å². The van der Waals surface area contributed by atoms with Crippen LogP contribution in [0.4, 0.5) is 0 Å². The summed E-state index contributed by atoms with van der Waals surface area (Å²) in [4.78, 5) is 0. The summed E-state index contributed by atoms with van der Waals surface area (Å²) >= 11 is 0. The highest BCUT2D eigenvalue weighted by molar-refractivity contribution is 8.25. The lowest BCUT2D eigenvalue weighted by molar-refractivity contribution is 0.144. The maximum Gasteiger partial charge on any atom is 0.0983 e. The minimum atomic E-state index is -0.393. The third-order valence-electron chi connectivity index (χ3n) is 6.02. The fourth-order valence-electron chi connectivity index (χ4n) is 5.15. The molecule has 2 aliphatic rings. The molecule has 30 heavy (non-hydrogen) atoms. The van der Waals surface area contributed by atoms with Crippen molar-refractivity contribution >= 4 is 15.8 Å². The van der Waals surface area contributed by atoms with Gasteiger partial charge >= 0.3 is 0 Å². The molecule has 0 spiro atoms. The standard InChI is InChI=1S/C24H52N4P2/c1-19(2)17-25-15-13-21(5)27(23(7,8)9)29(25)30-26(18-20(3)4)16-14-22(6)28(30)24(10,11)12/h19-22H,13-18H2,1-12H3. The van der Waals surface area contributed by atoms with Gasteiger partial charge < -0.3 is 0 Å². The molecule has 2 heterocycles. The van der Waals surface area contributed by atoms with Crippen molar-refractivity contribution < 1.29 is 0 Å². The molecule has 0 N–H and O–H groups in total. The van der Waals surface area contributed by atoms with E-state index >= 15 is 0 Å². The molecular formula is C24H52N4P2. The number of rotatable bonds is 5. The first-order valence-electron chi connectivity index (χ1n) is 12.3. The summed E-state index contributed by atoms with van der Waals surface area (Å²) in [7, 11) is -0.787. The van der Waals surface area contributed by atoms with Gasteiger partial charge in [0.1, 0.15) is 0 Å². The first kappa shape index (κ1) is 26.9. The van der Waals surface area contributed by atoms with E-state index in [1.165, 1.54) is 39.0 Å². The van der Waals surface area contributed by atoms with E-state index in [0.29, 0.717) is 23.9 Å². The fraction of sp³-hybridized carbons (Fsp3) is 1.00. The fourth-order valence-corrected chi connectivity index (χ4v) is 16.1. The Bertz CT molecular complexity index is 492. The highest BCUT2D eigenvalue weighted by Crippen LogP contribution is 2.80. The normalized spacial score (nSPS) is 31.8. The topological polar surface area (TPSA) is 13.0 Å². The monoisotopic (exact) mass is 458 g/mol. The minimum Gasteiger partial charge on any atom is -0.264 e. The molecule has 2 rings (SSSR count). The molecule has 0 amide bonds. The predicted octanol–water partition coefficient (Wildman–Crippen LogP) is 7.23. The molecule has 4 nitrogen and oxygen atoms in total. The van der Waals surface area contributed by atoms with Crippen molar-refractivity contribution in [2.24, 2.45) is 11.8 Å². The minimum absolute atomic E-state index is 0.191. The highest BCUT2D eigenvalue weighted by atomic mass is 32.1. The molecule has 0 aromatic carbocycles. The van der Waals surface area contributed by atoms with E-state index in [1.54, 1.807) is 0 Å². The van der Waals surface area contributed by atoms with Crippen molar-refractivity contribution in [3.05, 3.63) is 0 Å². The molecule has 4 unspecified atom stereocenters. The second kappa shape index (κ2) is 10.3. The Morgan fingerprint density at radius 3 is 1.20 bits per heavy atom. The summed E-state index contributed by atoms with van der Waals surface area (Å²) in [5, 5.41) is 0. The molecule has 178 valence electrons. The van der Waals surface area contributed by atoms with Crippen LogP contribution < -0.4 is 0 Å². The smallest absolute Gasteiger partial charge is 0.0983 e. The molecular weight excluding hydrogens is 406 g/mol. The van der Waals surface area contributed by atoms with Gasteiger partial charge in [-0.05, 0) is 80.1 Å². The van der Waals surface area contributed by atoms with Crippen molar-refractivity contribution in [2.75, 3.05) is 26.2 Å². The molecule has 4 atom stereocenters. The van der Waals surface area contributed by atoms with Crippen LogP contribution in [-0.4, -0.2) is 68.0 Å². The average molecular weight is 459 g/mol. The van der Waals surface area contributed by atoms with Crippen LogP contribution >= 0.6 is 15.8 Å². The van der Waals surface area contributed by atoms with Crippen LogP contribution in [0.5, 0.6) is 0 Å². The van der Waals surface area contributed by atoms with Crippen LogP contribution in [0.1, 0.15) is 95.9 Å². The lowest BCUT2D eigenvalue weighted by Crippen LogP contribution is -2.56. The largest absolute Gasteiger partial charge is 0.264 e. The van der Waals surface area contributed by atoms with Crippen LogP contribution in [0.3, 0.4) is 0 Å². The SMILES string of the molecule is CC(C)CN1CCC(C)N(C(C)(C)C)P1P1N(CC(C)C)CCC(C)N1C(C)(C)C. The van der Waals surface area contributed by atoms with Crippen molar-refractivity contribution in [1.82, 2.24) is 18.7 Å². The van der Waals surface area contributed by atoms with E-state index in [1.807, 2.05) is 0 Å². The molecule has 2 aliphatic heterocycles. The van der Waals surface area contributed by atoms with Crippen LogP contribution in [0.2, 0.25) is 0 Å². The van der Waals surface area contributed by atoms with Gasteiger partial charge in [0, 0.05) is 49.3 Å². The molecule has 0 aromatic heterocycles. The third-order valence-corrected chi connectivity index (χ3v) is 14.5. The van der Waals surface area contributed by atoms with Crippen molar-refractivity contribution in [3.8, 4) is 0 Å². The quantitative estimate of drug-likeness (QED) is 0.403. The van der Waals surface area contributed by atoms with Crippen molar-refractivity contribution in [1.29, 1.82) is 0 Å². The van der Waals surface area contributed by atoms with Gasteiger partial charge in [-0.15, -0.1) is 0 Å². The molecule has 0 bridgehead atoms. The Labute approximate surface area is 191 Å². The first-order valence-corrected chi connectivity index (χ1v) is 15.5. The van der Waals surface area contributed by atoms with E-state index in [-0.39, 0.29) is 11.1 Å². The summed E-state index contributed by atoms with van der Waals surface area (Å²) in [6.07, 6.45) is 2.59. The van der Waals surface area contributed by atoms with Crippen molar-refractivity contribution in [2.45, 2.75) is 119 Å². The average Bonchev–Trinajstić information content (AvgIpc) is 2.54. The van der Waals surface area contributed by atoms with Gasteiger partial charge in [0.2, 0.25) is 0 Å². The summed E-state index contributed by atoms with van der Waals surface area (Å²) in [6, 6.07) is 1.31. The van der Waals surface area contributed by atoms with Gasteiger partial charge in [0.25, 0.3) is 0 Å². The maximum atomic E-state index is 2.96. The van der Waals surface area contributed by atoms with E-state index in [4.69, 9.17) is 0 Å². The summed E-state index contributed by atoms with van der Waals surface area (Å²) in [5.74, 6) is 1.42. The Kier molecular flexibility index (Phi) is 9.27.